The van der Waals surface area contributed by atoms with E-state index in [1.807, 2.05) is 27.7 Å². The van der Waals surface area contributed by atoms with Crippen molar-refractivity contribution >= 4 is 11.9 Å². The molecule has 0 spiro atoms. The van der Waals surface area contributed by atoms with Gasteiger partial charge in [0.1, 0.15) is 0 Å². The van der Waals surface area contributed by atoms with Gasteiger partial charge in [-0.2, -0.15) is 0 Å². The Hall–Kier alpha value is -1.06. The number of carboxylic acids is 1. The molecule has 0 saturated carbocycles. The minimum Gasteiger partial charge on any atom is -0.481 e. The van der Waals surface area contributed by atoms with E-state index >= 15 is 0 Å². The summed E-state index contributed by atoms with van der Waals surface area (Å²) < 4.78 is 0. The van der Waals surface area contributed by atoms with E-state index in [1.54, 1.807) is 4.90 Å². The summed E-state index contributed by atoms with van der Waals surface area (Å²) in [4.78, 5) is 24.5. The van der Waals surface area contributed by atoms with Gasteiger partial charge in [0, 0.05) is 19.5 Å². The number of hydrogen-bond acceptors (Lipinski definition) is 2. The van der Waals surface area contributed by atoms with Crippen LogP contribution < -0.4 is 0 Å². The van der Waals surface area contributed by atoms with Crippen LogP contribution in [0, 0.1) is 17.3 Å². The average Bonchev–Trinajstić information content (AvgIpc) is 2.44. The number of rotatable bonds is 2. The first kappa shape index (κ1) is 13.0. The van der Waals surface area contributed by atoms with Crippen molar-refractivity contribution in [2.45, 2.75) is 34.1 Å². The number of likely N-dealkylation sites (tertiary alicyclic amines) is 1. The molecule has 92 valence electrons. The van der Waals surface area contributed by atoms with Crippen LogP contribution in [-0.2, 0) is 9.59 Å². The van der Waals surface area contributed by atoms with Crippen molar-refractivity contribution in [3.05, 3.63) is 0 Å². The molecule has 1 rings (SSSR count). The lowest BCUT2D eigenvalue weighted by Gasteiger charge is -2.22. The Morgan fingerprint density at radius 1 is 1.31 bits per heavy atom. The molecule has 1 N–H and O–H groups in total. The summed E-state index contributed by atoms with van der Waals surface area (Å²) in [6.07, 6.45) is 0.478. The van der Waals surface area contributed by atoms with Gasteiger partial charge in [-0.1, -0.05) is 27.7 Å². The van der Waals surface area contributed by atoms with E-state index in [-0.39, 0.29) is 17.2 Å². The molecule has 0 radical (unpaired) electrons. The Kier molecular flexibility index (Phi) is 3.61. The van der Waals surface area contributed by atoms with Crippen molar-refractivity contribution in [1.29, 1.82) is 0 Å². The molecule has 1 saturated heterocycles. The number of hydrogen-bond donors (Lipinski definition) is 1. The largest absolute Gasteiger partial charge is 0.481 e. The first-order chi connectivity index (χ1) is 7.20. The Bertz CT molecular complexity index is 293. The zero-order valence-corrected chi connectivity index (χ0v) is 10.5. The highest BCUT2D eigenvalue weighted by Gasteiger charge is 2.37. The lowest BCUT2D eigenvalue weighted by atomic mass is 9.92. The fourth-order valence-electron chi connectivity index (χ4n) is 2.06. The summed E-state index contributed by atoms with van der Waals surface area (Å²) in [5, 5.41) is 8.98. The van der Waals surface area contributed by atoms with Gasteiger partial charge in [-0.05, 0) is 11.3 Å². The van der Waals surface area contributed by atoms with E-state index in [2.05, 4.69) is 0 Å². The molecule has 0 aromatic heterocycles. The maximum absolute atomic E-state index is 11.9. The maximum Gasteiger partial charge on any atom is 0.308 e. The van der Waals surface area contributed by atoms with Crippen LogP contribution in [0.3, 0.4) is 0 Å². The average molecular weight is 227 g/mol. The third-order valence-corrected chi connectivity index (χ3v) is 2.96. The van der Waals surface area contributed by atoms with Crippen LogP contribution in [0.15, 0.2) is 0 Å². The predicted molar refractivity (Wildman–Crippen MR) is 60.9 cm³/mol. The summed E-state index contributed by atoms with van der Waals surface area (Å²) >= 11 is 0. The van der Waals surface area contributed by atoms with Gasteiger partial charge in [0.15, 0.2) is 0 Å². The summed E-state index contributed by atoms with van der Waals surface area (Å²) in [5.74, 6) is -1.06. The van der Waals surface area contributed by atoms with Crippen molar-refractivity contribution in [1.82, 2.24) is 4.90 Å². The molecule has 1 amide bonds. The predicted octanol–water partition coefficient (Wildman–Crippen LogP) is 1.60. The van der Waals surface area contributed by atoms with Crippen molar-refractivity contribution in [3.63, 3.8) is 0 Å². The minimum atomic E-state index is -0.793. The SMILES string of the molecule is C[C@@H]1CN(C(=O)CC(C)(C)C)C[C@H]1C(=O)O. The summed E-state index contributed by atoms with van der Waals surface area (Å²) in [6.45, 7) is 8.87. The highest BCUT2D eigenvalue weighted by Crippen LogP contribution is 2.26. The highest BCUT2D eigenvalue weighted by atomic mass is 16.4. The van der Waals surface area contributed by atoms with Crippen molar-refractivity contribution in [2.75, 3.05) is 13.1 Å². The number of aliphatic carboxylic acids is 1. The highest BCUT2D eigenvalue weighted by molar-refractivity contribution is 5.79. The first-order valence-electron chi connectivity index (χ1n) is 5.71. The molecule has 2 atom stereocenters. The van der Waals surface area contributed by atoms with Gasteiger partial charge in [0.25, 0.3) is 0 Å². The Morgan fingerprint density at radius 3 is 2.25 bits per heavy atom. The number of amides is 1. The Morgan fingerprint density at radius 2 is 1.88 bits per heavy atom. The van der Waals surface area contributed by atoms with Crippen LogP contribution in [-0.4, -0.2) is 35.0 Å². The molecule has 1 heterocycles. The second-order valence-electron chi connectivity index (χ2n) is 5.96. The van der Waals surface area contributed by atoms with E-state index in [9.17, 15) is 9.59 Å². The summed E-state index contributed by atoms with van der Waals surface area (Å²) in [5.41, 5.74) is -0.0400. The van der Waals surface area contributed by atoms with Gasteiger partial charge >= 0.3 is 5.97 Å². The fraction of sp³-hybridized carbons (Fsp3) is 0.833. The van der Waals surface area contributed by atoms with E-state index in [0.717, 1.165) is 0 Å². The molecule has 4 nitrogen and oxygen atoms in total. The number of carbonyl (C=O) groups excluding carboxylic acids is 1. The van der Waals surface area contributed by atoms with Gasteiger partial charge in [0.2, 0.25) is 5.91 Å². The van der Waals surface area contributed by atoms with Crippen LogP contribution >= 0.6 is 0 Å². The van der Waals surface area contributed by atoms with Gasteiger partial charge in [-0.3, -0.25) is 9.59 Å². The van der Waals surface area contributed by atoms with Crippen LogP contribution in [0.4, 0.5) is 0 Å². The van der Waals surface area contributed by atoms with E-state index in [0.29, 0.717) is 19.5 Å². The molecule has 0 aromatic carbocycles. The van der Waals surface area contributed by atoms with E-state index in [4.69, 9.17) is 5.11 Å². The molecule has 1 aliphatic rings. The van der Waals surface area contributed by atoms with Gasteiger partial charge in [0.05, 0.1) is 5.92 Å². The van der Waals surface area contributed by atoms with Gasteiger partial charge < -0.3 is 10.0 Å². The molecule has 0 aromatic rings. The van der Waals surface area contributed by atoms with E-state index < -0.39 is 11.9 Å². The van der Waals surface area contributed by atoms with Crippen LogP contribution in [0.25, 0.3) is 0 Å². The van der Waals surface area contributed by atoms with Crippen LogP contribution in [0.1, 0.15) is 34.1 Å². The lowest BCUT2D eigenvalue weighted by Crippen LogP contribution is -2.32. The van der Waals surface area contributed by atoms with Crippen molar-refractivity contribution < 1.29 is 14.7 Å². The zero-order chi connectivity index (χ0) is 12.5. The molecule has 16 heavy (non-hydrogen) atoms. The molecule has 4 heteroatoms. The lowest BCUT2D eigenvalue weighted by molar-refractivity contribution is -0.142. The summed E-state index contributed by atoms with van der Waals surface area (Å²) in [6, 6.07) is 0. The Balaban J connectivity index is 2.58. The standard InChI is InChI=1S/C12H21NO3/c1-8-6-13(7-9(8)11(15)16)10(14)5-12(2,3)4/h8-9H,5-7H2,1-4H3,(H,15,16)/t8-,9-/m1/s1. The number of carbonyl (C=O) groups is 2. The molecule has 1 aliphatic heterocycles. The molecular formula is C12H21NO3. The van der Waals surface area contributed by atoms with Gasteiger partial charge in [-0.15, -0.1) is 0 Å². The maximum atomic E-state index is 11.9. The normalized spacial score (nSPS) is 25.9. The zero-order valence-electron chi connectivity index (χ0n) is 10.5. The Labute approximate surface area is 96.6 Å². The molecule has 1 fully saturated rings. The third kappa shape index (κ3) is 3.22. The second kappa shape index (κ2) is 4.44. The second-order valence-corrected chi connectivity index (χ2v) is 5.96. The fourth-order valence-corrected chi connectivity index (χ4v) is 2.06. The molecule has 0 bridgehead atoms. The van der Waals surface area contributed by atoms with Crippen molar-refractivity contribution in [3.8, 4) is 0 Å². The smallest absolute Gasteiger partial charge is 0.308 e. The number of carboxylic acid groups (broad SMARTS) is 1. The molecule has 0 aliphatic carbocycles. The van der Waals surface area contributed by atoms with E-state index in [1.165, 1.54) is 0 Å². The topological polar surface area (TPSA) is 57.6 Å². The van der Waals surface area contributed by atoms with Crippen LogP contribution in [0.2, 0.25) is 0 Å². The van der Waals surface area contributed by atoms with Crippen LogP contribution in [0.5, 0.6) is 0 Å². The monoisotopic (exact) mass is 227 g/mol. The number of nitrogens with zero attached hydrogens (tertiary/aromatic N) is 1. The molecule has 0 unspecified atom stereocenters. The van der Waals surface area contributed by atoms with Crippen molar-refractivity contribution in [2.24, 2.45) is 17.3 Å². The minimum absolute atomic E-state index is 0.0400. The quantitative estimate of drug-likeness (QED) is 0.779. The summed E-state index contributed by atoms with van der Waals surface area (Å²) in [7, 11) is 0. The first-order valence-corrected chi connectivity index (χ1v) is 5.71. The third-order valence-electron chi connectivity index (χ3n) is 2.96. The molecular weight excluding hydrogens is 206 g/mol. The van der Waals surface area contributed by atoms with Gasteiger partial charge in [-0.25, -0.2) is 0 Å².